The lowest BCUT2D eigenvalue weighted by Crippen LogP contribution is -2.43. The van der Waals surface area contributed by atoms with Gasteiger partial charge in [-0.3, -0.25) is 9.69 Å². The molecule has 1 aliphatic carbocycles. The number of benzene rings is 2. The van der Waals surface area contributed by atoms with Crippen LogP contribution >= 0.6 is 0 Å². The van der Waals surface area contributed by atoms with E-state index in [1.807, 2.05) is 60.7 Å². The Morgan fingerprint density at radius 3 is 2.58 bits per heavy atom. The first-order valence-electron chi connectivity index (χ1n) is 11.0. The summed E-state index contributed by atoms with van der Waals surface area (Å²) in [5.74, 6) is -0.417. The van der Waals surface area contributed by atoms with Crippen LogP contribution in [0.4, 0.5) is 5.69 Å². The number of carbonyl (C=O) groups excluding carboxylic acids is 2. The Hall–Kier alpha value is -4.00. The van der Waals surface area contributed by atoms with E-state index in [0.29, 0.717) is 40.4 Å². The number of pyridine rings is 1. The first-order valence-corrected chi connectivity index (χ1v) is 11.0. The number of methoxy groups -OCH3 is 1. The Balaban J connectivity index is 1.56. The Morgan fingerprint density at radius 1 is 1.06 bits per heavy atom. The van der Waals surface area contributed by atoms with Crippen LogP contribution in [-0.4, -0.2) is 35.2 Å². The lowest BCUT2D eigenvalue weighted by atomic mass is 10.0. The third-order valence-electron chi connectivity index (χ3n) is 6.41. The van der Waals surface area contributed by atoms with Crippen molar-refractivity contribution in [3.05, 3.63) is 77.5 Å². The SMILES string of the molecule is COC(=O)C1Cc2ccccc2N1C(=O)c1cc(C2CC2)nc2onc(-c3ccccc3)c12. The quantitative estimate of drug-likeness (QED) is 0.435. The molecule has 0 radical (unpaired) electrons. The molecule has 7 heteroatoms. The summed E-state index contributed by atoms with van der Waals surface area (Å²) < 4.78 is 10.7. The minimum atomic E-state index is -0.729. The second kappa shape index (κ2) is 7.55. The Labute approximate surface area is 190 Å². The van der Waals surface area contributed by atoms with Gasteiger partial charge in [0.1, 0.15) is 11.7 Å². The van der Waals surface area contributed by atoms with Crippen molar-refractivity contribution in [1.82, 2.24) is 10.1 Å². The molecule has 4 aromatic rings. The van der Waals surface area contributed by atoms with E-state index in [2.05, 4.69) is 10.1 Å². The molecule has 2 aliphatic rings. The van der Waals surface area contributed by atoms with Crippen molar-refractivity contribution in [2.45, 2.75) is 31.2 Å². The van der Waals surface area contributed by atoms with E-state index in [1.165, 1.54) is 7.11 Å². The summed E-state index contributed by atoms with van der Waals surface area (Å²) in [6, 6.07) is 18.3. The number of ether oxygens (including phenoxy) is 1. The van der Waals surface area contributed by atoms with Gasteiger partial charge in [0, 0.05) is 29.3 Å². The molecule has 1 atom stereocenters. The van der Waals surface area contributed by atoms with Crippen LogP contribution in [0.1, 0.15) is 40.4 Å². The highest BCUT2D eigenvalue weighted by Gasteiger charge is 2.41. The number of carbonyl (C=O) groups is 2. The monoisotopic (exact) mass is 439 g/mol. The average molecular weight is 439 g/mol. The fourth-order valence-electron chi connectivity index (χ4n) is 4.61. The maximum absolute atomic E-state index is 14.2. The van der Waals surface area contributed by atoms with Crippen molar-refractivity contribution < 1.29 is 18.8 Å². The van der Waals surface area contributed by atoms with Crippen molar-refractivity contribution in [2.24, 2.45) is 0 Å². The fraction of sp³-hybridized carbons (Fsp3) is 0.231. The van der Waals surface area contributed by atoms with Gasteiger partial charge in [-0.1, -0.05) is 53.7 Å². The van der Waals surface area contributed by atoms with E-state index in [1.54, 1.807) is 4.90 Å². The third kappa shape index (κ3) is 3.19. The molecule has 0 saturated heterocycles. The van der Waals surface area contributed by atoms with Gasteiger partial charge in [-0.2, -0.15) is 0 Å². The van der Waals surface area contributed by atoms with Gasteiger partial charge in [-0.25, -0.2) is 9.78 Å². The molecule has 2 aromatic carbocycles. The molecule has 0 spiro atoms. The summed E-state index contributed by atoms with van der Waals surface area (Å²) in [5.41, 5.74) is 4.64. The standard InChI is InChI=1S/C26H21N3O4/c1-32-26(31)21-13-17-9-5-6-10-20(17)29(21)25(30)18-14-19(15-11-12-15)27-24-22(18)23(28-33-24)16-7-3-2-4-8-16/h2-10,14-15,21H,11-13H2,1H3. The van der Waals surface area contributed by atoms with Crippen LogP contribution in [0.15, 0.2) is 65.2 Å². The molecule has 2 aromatic heterocycles. The molecule has 1 saturated carbocycles. The van der Waals surface area contributed by atoms with Crippen molar-refractivity contribution in [3.63, 3.8) is 0 Å². The first kappa shape index (κ1) is 19.7. The number of hydrogen-bond acceptors (Lipinski definition) is 6. The zero-order valence-corrected chi connectivity index (χ0v) is 18.0. The number of fused-ring (bicyclic) bond motifs is 2. The van der Waals surface area contributed by atoms with Gasteiger partial charge >= 0.3 is 5.97 Å². The van der Waals surface area contributed by atoms with E-state index in [9.17, 15) is 9.59 Å². The van der Waals surface area contributed by atoms with Crippen molar-refractivity contribution >= 4 is 28.7 Å². The van der Waals surface area contributed by atoms with E-state index >= 15 is 0 Å². The van der Waals surface area contributed by atoms with Crippen molar-refractivity contribution in [2.75, 3.05) is 12.0 Å². The van der Waals surface area contributed by atoms with Gasteiger partial charge in [-0.15, -0.1) is 0 Å². The van der Waals surface area contributed by atoms with Crippen LogP contribution in [-0.2, 0) is 16.0 Å². The molecular formula is C26H21N3O4. The molecule has 33 heavy (non-hydrogen) atoms. The van der Waals surface area contributed by atoms with Gasteiger partial charge in [0.2, 0.25) is 0 Å². The van der Waals surface area contributed by atoms with Gasteiger partial charge < -0.3 is 9.26 Å². The summed E-state index contributed by atoms with van der Waals surface area (Å²) in [5, 5.41) is 4.83. The fourth-order valence-corrected chi connectivity index (χ4v) is 4.61. The molecule has 3 heterocycles. The third-order valence-corrected chi connectivity index (χ3v) is 6.41. The Morgan fingerprint density at radius 2 is 1.82 bits per heavy atom. The predicted molar refractivity (Wildman–Crippen MR) is 122 cm³/mol. The summed E-state index contributed by atoms with van der Waals surface area (Å²) in [6.07, 6.45) is 2.47. The summed E-state index contributed by atoms with van der Waals surface area (Å²) in [7, 11) is 1.34. The summed E-state index contributed by atoms with van der Waals surface area (Å²) in [4.78, 5) is 33.0. The molecule has 1 fully saturated rings. The van der Waals surface area contributed by atoms with E-state index in [0.717, 1.165) is 29.7 Å². The van der Waals surface area contributed by atoms with Crippen molar-refractivity contribution in [1.29, 1.82) is 0 Å². The molecule has 6 rings (SSSR count). The van der Waals surface area contributed by atoms with Gasteiger partial charge in [0.05, 0.1) is 18.1 Å². The lowest BCUT2D eigenvalue weighted by Gasteiger charge is -2.24. The number of aromatic nitrogens is 2. The van der Waals surface area contributed by atoms with Gasteiger partial charge in [0.15, 0.2) is 0 Å². The normalized spacial score (nSPS) is 17.2. The Kier molecular flexibility index (Phi) is 4.50. The van der Waals surface area contributed by atoms with Crippen LogP contribution in [0.2, 0.25) is 0 Å². The average Bonchev–Trinajstić information content (AvgIpc) is 3.51. The predicted octanol–water partition coefficient (Wildman–Crippen LogP) is 4.51. The largest absolute Gasteiger partial charge is 0.467 e. The summed E-state index contributed by atoms with van der Waals surface area (Å²) in [6.45, 7) is 0. The maximum atomic E-state index is 14.2. The Bertz CT molecular complexity index is 1390. The topological polar surface area (TPSA) is 85.5 Å². The lowest BCUT2D eigenvalue weighted by molar-refractivity contribution is -0.141. The minimum absolute atomic E-state index is 0.287. The highest BCUT2D eigenvalue weighted by atomic mass is 16.5. The highest BCUT2D eigenvalue weighted by molar-refractivity contribution is 6.18. The van der Waals surface area contributed by atoms with E-state index < -0.39 is 12.0 Å². The molecule has 1 amide bonds. The number of hydrogen-bond donors (Lipinski definition) is 0. The van der Waals surface area contributed by atoms with Crippen LogP contribution < -0.4 is 4.90 Å². The molecular weight excluding hydrogens is 418 g/mol. The van der Waals surface area contributed by atoms with Crippen LogP contribution in [0.5, 0.6) is 0 Å². The molecule has 1 aliphatic heterocycles. The van der Waals surface area contributed by atoms with Crippen LogP contribution in [0.3, 0.4) is 0 Å². The van der Waals surface area contributed by atoms with E-state index in [-0.39, 0.29) is 5.91 Å². The zero-order chi connectivity index (χ0) is 22.5. The maximum Gasteiger partial charge on any atom is 0.329 e. The number of esters is 1. The first-order chi connectivity index (χ1) is 16.2. The molecule has 164 valence electrons. The zero-order valence-electron chi connectivity index (χ0n) is 18.0. The second-order valence-electron chi connectivity index (χ2n) is 8.49. The number of anilines is 1. The van der Waals surface area contributed by atoms with Crippen LogP contribution in [0.25, 0.3) is 22.4 Å². The van der Waals surface area contributed by atoms with Gasteiger partial charge in [0.25, 0.3) is 11.6 Å². The smallest absolute Gasteiger partial charge is 0.329 e. The molecule has 0 N–H and O–H groups in total. The second-order valence-corrected chi connectivity index (χ2v) is 8.49. The minimum Gasteiger partial charge on any atom is -0.467 e. The van der Waals surface area contributed by atoms with E-state index in [4.69, 9.17) is 9.26 Å². The van der Waals surface area contributed by atoms with Crippen LogP contribution in [0, 0.1) is 0 Å². The molecule has 1 unspecified atom stereocenters. The number of para-hydroxylation sites is 1. The number of rotatable bonds is 4. The number of nitrogens with zero attached hydrogens (tertiary/aromatic N) is 3. The molecule has 0 bridgehead atoms. The number of amides is 1. The van der Waals surface area contributed by atoms with Crippen molar-refractivity contribution in [3.8, 4) is 11.3 Å². The molecule has 7 nitrogen and oxygen atoms in total. The highest BCUT2D eigenvalue weighted by Crippen LogP contribution is 2.42. The summed E-state index contributed by atoms with van der Waals surface area (Å²) >= 11 is 0. The van der Waals surface area contributed by atoms with Gasteiger partial charge in [-0.05, 0) is 30.5 Å².